The largest absolute Gasteiger partial charge is 0.390 e. The molecule has 0 aliphatic carbocycles. The predicted molar refractivity (Wildman–Crippen MR) is 47.3 cm³/mol. The van der Waals surface area contributed by atoms with Crippen molar-refractivity contribution in [2.75, 3.05) is 0 Å². The van der Waals surface area contributed by atoms with Gasteiger partial charge in [0.2, 0.25) is 0 Å². The van der Waals surface area contributed by atoms with Gasteiger partial charge in [0.15, 0.2) is 0 Å². The number of nitrogens with two attached hydrogens (primary N) is 1. The predicted octanol–water partition coefficient (Wildman–Crippen LogP) is 0.487. The molecule has 13 heavy (non-hydrogen) atoms. The van der Waals surface area contributed by atoms with Gasteiger partial charge in [-0.3, -0.25) is 4.98 Å². The topological polar surface area (TPSA) is 82.9 Å². The summed E-state index contributed by atoms with van der Waals surface area (Å²) in [6.07, 6.45) is 0.238. The van der Waals surface area contributed by atoms with Gasteiger partial charge in [0, 0.05) is 0 Å². The summed E-state index contributed by atoms with van der Waals surface area (Å²) in [7, 11) is 0. The van der Waals surface area contributed by atoms with Gasteiger partial charge >= 0.3 is 0 Å². The standard InChI is InChI=1S/C9H11N3O/c10-5-4-8(11)9-3-1-2-7(6-13)12-9/h1-3,8,13H,4,6,11H2/t8-/m1/s1. The highest BCUT2D eigenvalue weighted by molar-refractivity contribution is 5.14. The Kier molecular flexibility index (Phi) is 3.38. The van der Waals surface area contributed by atoms with Crippen molar-refractivity contribution in [3.8, 4) is 6.07 Å². The molecular formula is C9H11N3O. The minimum absolute atomic E-state index is 0.104. The zero-order valence-electron chi connectivity index (χ0n) is 7.14. The number of nitriles is 1. The van der Waals surface area contributed by atoms with E-state index in [1.165, 1.54) is 0 Å². The molecule has 1 aromatic heterocycles. The Labute approximate surface area is 76.6 Å². The lowest BCUT2D eigenvalue weighted by atomic mass is 10.1. The second kappa shape index (κ2) is 4.55. The monoisotopic (exact) mass is 177 g/mol. The molecule has 0 saturated heterocycles. The highest BCUT2D eigenvalue weighted by atomic mass is 16.3. The Bertz CT molecular complexity index is 319. The summed E-state index contributed by atoms with van der Waals surface area (Å²) in [5.74, 6) is 0. The molecule has 0 aliphatic rings. The van der Waals surface area contributed by atoms with Crippen LogP contribution < -0.4 is 5.73 Å². The van der Waals surface area contributed by atoms with Crippen molar-refractivity contribution in [1.82, 2.24) is 4.98 Å². The first-order valence-corrected chi connectivity index (χ1v) is 3.97. The summed E-state index contributed by atoms with van der Waals surface area (Å²) in [6.45, 7) is -0.104. The van der Waals surface area contributed by atoms with E-state index in [1.54, 1.807) is 18.2 Å². The van der Waals surface area contributed by atoms with Gasteiger partial charge in [0.25, 0.3) is 0 Å². The third kappa shape index (κ3) is 2.51. The first-order chi connectivity index (χ1) is 6.27. The zero-order valence-corrected chi connectivity index (χ0v) is 7.14. The second-order valence-corrected chi connectivity index (χ2v) is 2.68. The van der Waals surface area contributed by atoms with Gasteiger partial charge in [-0.05, 0) is 12.1 Å². The quantitative estimate of drug-likeness (QED) is 0.703. The molecule has 0 unspecified atom stereocenters. The number of aromatic nitrogens is 1. The van der Waals surface area contributed by atoms with Crippen molar-refractivity contribution < 1.29 is 5.11 Å². The molecule has 0 radical (unpaired) electrons. The van der Waals surface area contributed by atoms with Crippen LogP contribution in [0.15, 0.2) is 18.2 Å². The molecule has 68 valence electrons. The van der Waals surface area contributed by atoms with Crippen LogP contribution >= 0.6 is 0 Å². The van der Waals surface area contributed by atoms with Crippen LogP contribution in [0.3, 0.4) is 0 Å². The normalized spacial score (nSPS) is 12.1. The first kappa shape index (κ1) is 9.65. The van der Waals surface area contributed by atoms with Gasteiger partial charge < -0.3 is 10.8 Å². The Morgan fingerprint density at radius 1 is 1.62 bits per heavy atom. The smallest absolute Gasteiger partial charge is 0.0853 e. The van der Waals surface area contributed by atoms with Crippen LogP contribution in [0.5, 0.6) is 0 Å². The fourth-order valence-electron chi connectivity index (χ4n) is 0.996. The van der Waals surface area contributed by atoms with E-state index in [-0.39, 0.29) is 19.1 Å². The van der Waals surface area contributed by atoms with Crippen molar-refractivity contribution in [3.63, 3.8) is 0 Å². The molecule has 3 N–H and O–H groups in total. The number of hydrogen-bond acceptors (Lipinski definition) is 4. The van der Waals surface area contributed by atoms with Crippen molar-refractivity contribution in [3.05, 3.63) is 29.6 Å². The molecule has 1 aromatic rings. The van der Waals surface area contributed by atoms with E-state index in [9.17, 15) is 0 Å². The van der Waals surface area contributed by atoms with Gasteiger partial charge in [-0.1, -0.05) is 6.07 Å². The van der Waals surface area contributed by atoms with Crippen molar-refractivity contribution in [1.29, 1.82) is 5.26 Å². The highest BCUT2D eigenvalue weighted by Crippen LogP contribution is 2.10. The summed E-state index contributed by atoms with van der Waals surface area (Å²) in [5.41, 5.74) is 6.88. The van der Waals surface area contributed by atoms with Crippen LogP contribution in [-0.4, -0.2) is 10.1 Å². The lowest BCUT2D eigenvalue weighted by Gasteiger charge is -2.07. The molecule has 0 fully saturated rings. The van der Waals surface area contributed by atoms with Crippen LogP contribution in [0.2, 0.25) is 0 Å². The van der Waals surface area contributed by atoms with Crippen molar-refractivity contribution >= 4 is 0 Å². The summed E-state index contributed by atoms with van der Waals surface area (Å²) < 4.78 is 0. The maximum atomic E-state index is 8.81. The summed E-state index contributed by atoms with van der Waals surface area (Å²) >= 11 is 0. The maximum absolute atomic E-state index is 8.81. The van der Waals surface area contributed by atoms with Crippen LogP contribution in [0.4, 0.5) is 0 Å². The second-order valence-electron chi connectivity index (χ2n) is 2.68. The number of rotatable bonds is 3. The molecule has 4 nitrogen and oxygen atoms in total. The van der Waals surface area contributed by atoms with Crippen LogP contribution in [0.25, 0.3) is 0 Å². The molecule has 0 bridgehead atoms. The van der Waals surface area contributed by atoms with E-state index >= 15 is 0 Å². The highest BCUT2D eigenvalue weighted by Gasteiger charge is 2.06. The minimum atomic E-state index is -0.364. The lowest BCUT2D eigenvalue weighted by molar-refractivity contribution is 0.276. The van der Waals surface area contributed by atoms with Crippen LogP contribution in [-0.2, 0) is 6.61 Å². The molecule has 1 atom stereocenters. The van der Waals surface area contributed by atoms with Gasteiger partial charge in [-0.25, -0.2) is 0 Å². The number of hydrogen-bond donors (Lipinski definition) is 2. The zero-order chi connectivity index (χ0) is 9.68. The van der Waals surface area contributed by atoms with E-state index in [4.69, 9.17) is 16.1 Å². The van der Waals surface area contributed by atoms with Crippen molar-refractivity contribution in [2.45, 2.75) is 19.1 Å². The Balaban J connectivity index is 2.83. The maximum Gasteiger partial charge on any atom is 0.0853 e. The molecule has 0 amide bonds. The van der Waals surface area contributed by atoms with E-state index in [2.05, 4.69) is 4.98 Å². The fourth-order valence-corrected chi connectivity index (χ4v) is 0.996. The molecular weight excluding hydrogens is 166 g/mol. The Hall–Kier alpha value is -1.44. The molecule has 0 aromatic carbocycles. The molecule has 1 rings (SSSR count). The Morgan fingerprint density at radius 3 is 3.00 bits per heavy atom. The lowest BCUT2D eigenvalue weighted by Crippen LogP contribution is -2.11. The summed E-state index contributed by atoms with van der Waals surface area (Å²) in [4.78, 5) is 4.08. The van der Waals surface area contributed by atoms with Gasteiger partial charge in [-0.15, -0.1) is 0 Å². The van der Waals surface area contributed by atoms with Gasteiger partial charge in [-0.2, -0.15) is 5.26 Å². The third-order valence-electron chi connectivity index (χ3n) is 1.68. The third-order valence-corrected chi connectivity index (χ3v) is 1.68. The first-order valence-electron chi connectivity index (χ1n) is 3.97. The molecule has 0 saturated carbocycles. The number of nitrogens with zero attached hydrogens (tertiary/aromatic N) is 2. The van der Waals surface area contributed by atoms with E-state index in [0.29, 0.717) is 11.4 Å². The number of aliphatic hydroxyl groups excluding tert-OH is 1. The molecule has 1 heterocycles. The average molecular weight is 177 g/mol. The minimum Gasteiger partial charge on any atom is -0.390 e. The molecule has 0 aliphatic heterocycles. The van der Waals surface area contributed by atoms with E-state index < -0.39 is 0 Å². The van der Waals surface area contributed by atoms with Crippen LogP contribution in [0, 0.1) is 11.3 Å². The average Bonchev–Trinajstić information content (AvgIpc) is 2.18. The SMILES string of the molecule is N#CC[C@@H](N)c1cccc(CO)n1. The molecule has 4 heteroatoms. The Morgan fingerprint density at radius 2 is 2.38 bits per heavy atom. The summed E-state index contributed by atoms with van der Waals surface area (Å²) in [5, 5.41) is 17.2. The van der Waals surface area contributed by atoms with Gasteiger partial charge in [0.1, 0.15) is 0 Å². The molecule has 0 spiro atoms. The van der Waals surface area contributed by atoms with Crippen molar-refractivity contribution in [2.24, 2.45) is 5.73 Å². The van der Waals surface area contributed by atoms with Gasteiger partial charge in [0.05, 0.1) is 36.5 Å². The fraction of sp³-hybridized carbons (Fsp3) is 0.333. The summed E-state index contributed by atoms with van der Waals surface area (Å²) in [6, 6.07) is 6.84. The van der Waals surface area contributed by atoms with E-state index in [0.717, 1.165) is 0 Å². The number of pyridine rings is 1. The van der Waals surface area contributed by atoms with E-state index in [1.807, 2.05) is 6.07 Å². The number of aliphatic hydroxyl groups is 1. The van der Waals surface area contributed by atoms with Crippen LogP contribution in [0.1, 0.15) is 23.9 Å².